The minimum Gasteiger partial charge on any atom is -0.304 e. The van der Waals surface area contributed by atoms with Crippen LogP contribution in [0.2, 0.25) is 0 Å². The lowest BCUT2D eigenvalue weighted by Gasteiger charge is -2.25. The van der Waals surface area contributed by atoms with Crippen molar-refractivity contribution in [3.63, 3.8) is 0 Å². The Balaban J connectivity index is 2.24. The molecular formula is C12H26N2. The standard InChI is InChI=1S/C12H26N2/c1-12(2)7-3-5-9-13-11-14-10-6-4-8-12/h13-14H,3-11H2,1-2H3. The van der Waals surface area contributed by atoms with Crippen LogP contribution in [0.15, 0.2) is 0 Å². The summed E-state index contributed by atoms with van der Waals surface area (Å²) >= 11 is 0. The van der Waals surface area contributed by atoms with Crippen molar-refractivity contribution in [1.82, 2.24) is 10.6 Å². The molecule has 0 atom stereocenters. The minimum atomic E-state index is 0.569. The Kier molecular flexibility index (Phi) is 5.49. The molecular weight excluding hydrogens is 172 g/mol. The van der Waals surface area contributed by atoms with E-state index in [-0.39, 0.29) is 0 Å². The third-order valence-electron chi connectivity index (χ3n) is 3.16. The maximum absolute atomic E-state index is 3.42. The summed E-state index contributed by atoms with van der Waals surface area (Å²) in [5.74, 6) is 0. The summed E-state index contributed by atoms with van der Waals surface area (Å²) in [6.45, 7) is 8.16. The van der Waals surface area contributed by atoms with Gasteiger partial charge in [-0.1, -0.05) is 26.7 Å². The average Bonchev–Trinajstić information content (AvgIpc) is 2.11. The first kappa shape index (κ1) is 12.0. The van der Waals surface area contributed by atoms with Crippen LogP contribution in [-0.4, -0.2) is 19.8 Å². The van der Waals surface area contributed by atoms with Gasteiger partial charge in [0.25, 0.3) is 0 Å². The molecule has 0 radical (unpaired) electrons. The highest BCUT2D eigenvalue weighted by Crippen LogP contribution is 2.29. The van der Waals surface area contributed by atoms with Crippen molar-refractivity contribution in [3.05, 3.63) is 0 Å². The quantitative estimate of drug-likeness (QED) is 0.625. The number of hydrogen-bond acceptors (Lipinski definition) is 2. The lowest BCUT2D eigenvalue weighted by atomic mass is 9.82. The van der Waals surface area contributed by atoms with Gasteiger partial charge in [0.15, 0.2) is 0 Å². The predicted molar refractivity (Wildman–Crippen MR) is 62.4 cm³/mol. The summed E-state index contributed by atoms with van der Waals surface area (Å²) in [6, 6.07) is 0. The molecule has 84 valence electrons. The second-order valence-electron chi connectivity index (χ2n) is 5.26. The minimum absolute atomic E-state index is 0.569. The van der Waals surface area contributed by atoms with Gasteiger partial charge in [-0.2, -0.15) is 0 Å². The molecule has 1 heterocycles. The van der Waals surface area contributed by atoms with Gasteiger partial charge in [0, 0.05) is 6.67 Å². The van der Waals surface area contributed by atoms with Crippen molar-refractivity contribution in [2.45, 2.75) is 52.4 Å². The lowest BCUT2D eigenvalue weighted by Crippen LogP contribution is -2.31. The fourth-order valence-electron chi connectivity index (χ4n) is 2.10. The van der Waals surface area contributed by atoms with Gasteiger partial charge in [-0.25, -0.2) is 0 Å². The second-order valence-corrected chi connectivity index (χ2v) is 5.26. The van der Waals surface area contributed by atoms with Gasteiger partial charge in [-0.15, -0.1) is 0 Å². The van der Waals surface area contributed by atoms with Gasteiger partial charge in [-0.3, -0.25) is 0 Å². The van der Waals surface area contributed by atoms with Crippen LogP contribution in [0.25, 0.3) is 0 Å². The lowest BCUT2D eigenvalue weighted by molar-refractivity contribution is 0.281. The van der Waals surface area contributed by atoms with E-state index in [0.29, 0.717) is 5.41 Å². The van der Waals surface area contributed by atoms with Gasteiger partial charge in [0.1, 0.15) is 0 Å². The fraction of sp³-hybridized carbons (Fsp3) is 1.00. The number of rotatable bonds is 0. The summed E-state index contributed by atoms with van der Waals surface area (Å²) in [6.07, 6.45) is 8.18. The van der Waals surface area contributed by atoms with E-state index in [1.165, 1.54) is 51.6 Å². The molecule has 0 aromatic carbocycles. The molecule has 2 N–H and O–H groups in total. The highest BCUT2D eigenvalue weighted by atomic mass is 15.0. The fourth-order valence-corrected chi connectivity index (χ4v) is 2.10. The molecule has 0 unspecified atom stereocenters. The first-order valence-electron chi connectivity index (χ1n) is 6.12. The molecule has 0 spiro atoms. The zero-order valence-electron chi connectivity index (χ0n) is 9.86. The highest BCUT2D eigenvalue weighted by molar-refractivity contribution is 4.69. The Morgan fingerprint density at radius 2 is 1.29 bits per heavy atom. The first-order valence-corrected chi connectivity index (χ1v) is 6.12. The summed E-state index contributed by atoms with van der Waals surface area (Å²) in [7, 11) is 0. The van der Waals surface area contributed by atoms with E-state index in [1.807, 2.05) is 0 Å². The van der Waals surface area contributed by atoms with E-state index in [9.17, 15) is 0 Å². The molecule has 2 nitrogen and oxygen atoms in total. The third-order valence-corrected chi connectivity index (χ3v) is 3.16. The largest absolute Gasteiger partial charge is 0.304 e. The summed E-state index contributed by atoms with van der Waals surface area (Å²) in [4.78, 5) is 0. The number of nitrogens with one attached hydrogen (secondary N) is 2. The van der Waals surface area contributed by atoms with Gasteiger partial charge in [0.2, 0.25) is 0 Å². The van der Waals surface area contributed by atoms with Crippen LogP contribution in [0.5, 0.6) is 0 Å². The van der Waals surface area contributed by atoms with Crippen molar-refractivity contribution >= 4 is 0 Å². The van der Waals surface area contributed by atoms with E-state index in [0.717, 1.165) is 6.67 Å². The van der Waals surface area contributed by atoms with Crippen LogP contribution in [0.1, 0.15) is 52.4 Å². The Labute approximate surface area is 88.8 Å². The molecule has 1 saturated heterocycles. The van der Waals surface area contributed by atoms with Crippen LogP contribution in [0, 0.1) is 5.41 Å². The molecule has 0 aliphatic carbocycles. The highest BCUT2D eigenvalue weighted by Gasteiger charge is 2.16. The summed E-state index contributed by atoms with van der Waals surface area (Å²) in [5, 5.41) is 6.84. The predicted octanol–water partition coefficient (Wildman–Crippen LogP) is 2.50. The average molecular weight is 198 g/mol. The van der Waals surface area contributed by atoms with Gasteiger partial charge < -0.3 is 10.6 Å². The Hall–Kier alpha value is -0.0800. The molecule has 14 heavy (non-hydrogen) atoms. The van der Waals surface area contributed by atoms with Crippen molar-refractivity contribution in [2.24, 2.45) is 5.41 Å². The van der Waals surface area contributed by atoms with Crippen LogP contribution in [0.4, 0.5) is 0 Å². The second kappa shape index (κ2) is 6.41. The maximum Gasteiger partial charge on any atom is 0.0454 e. The van der Waals surface area contributed by atoms with Gasteiger partial charge >= 0.3 is 0 Å². The molecule has 1 aliphatic heterocycles. The summed E-state index contributed by atoms with van der Waals surface area (Å²) < 4.78 is 0. The zero-order chi connectivity index (χ0) is 10.3. The molecule has 2 heteroatoms. The Morgan fingerprint density at radius 3 is 1.79 bits per heavy atom. The van der Waals surface area contributed by atoms with E-state index in [2.05, 4.69) is 24.5 Å². The molecule has 0 aromatic heterocycles. The molecule has 1 aliphatic rings. The SMILES string of the molecule is CC1(C)CCCCNCNCCCC1. The maximum atomic E-state index is 3.42. The molecule has 0 saturated carbocycles. The van der Waals surface area contributed by atoms with Crippen molar-refractivity contribution in [2.75, 3.05) is 19.8 Å². The van der Waals surface area contributed by atoms with Gasteiger partial charge in [-0.05, 0) is 44.2 Å². The topological polar surface area (TPSA) is 24.1 Å². The van der Waals surface area contributed by atoms with Gasteiger partial charge in [0.05, 0.1) is 0 Å². The van der Waals surface area contributed by atoms with Crippen molar-refractivity contribution in [1.29, 1.82) is 0 Å². The van der Waals surface area contributed by atoms with E-state index in [1.54, 1.807) is 0 Å². The smallest absolute Gasteiger partial charge is 0.0454 e. The van der Waals surface area contributed by atoms with Crippen LogP contribution in [-0.2, 0) is 0 Å². The zero-order valence-corrected chi connectivity index (χ0v) is 9.86. The Bertz CT molecular complexity index is 129. The third kappa shape index (κ3) is 5.61. The first-order chi connectivity index (χ1) is 6.71. The normalized spacial score (nSPS) is 26.1. The van der Waals surface area contributed by atoms with E-state index >= 15 is 0 Å². The molecule has 0 aromatic rings. The van der Waals surface area contributed by atoms with Crippen LogP contribution in [0.3, 0.4) is 0 Å². The Morgan fingerprint density at radius 1 is 0.786 bits per heavy atom. The van der Waals surface area contributed by atoms with Crippen LogP contribution < -0.4 is 10.6 Å². The molecule has 1 rings (SSSR count). The van der Waals surface area contributed by atoms with E-state index in [4.69, 9.17) is 0 Å². The van der Waals surface area contributed by atoms with E-state index < -0.39 is 0 Å². The number of hydrogen-bond donors (Lipinski definition) is 2. The molecule has 0 amide bonds. The van der Waals surface area contributed by atoms with Crippen molar-refractivity contribution < 1.29 is 0 Å². The van der Waals surface area contributed by atoms with Crippen LogP contribution >= 0.6 is 0 Å². The summed E-state index contributed by atoms with van der Waals surface area (Å²) in [5.41, 5.74) is 0.569. The van der Waals surface area contributed by atoms with Crippen molar-refractivity contribution in [3.8, 4) is 0 Å². The molecule has 1 fully saturated rings. The monoisotopic (exact) mass is 198 g/mol. The molecule has 0 bridgehead atoms.